The van der Waals surface area contributed by atoms with Crippen molar-refractivity contribution in [3.8, 4) is 5.88 Å². The Labute approximate surface area is 111 Å². The van der Waals surface area contributed by atoms with Crippen LogP contribution in [-0.2, 0) is 12.0 Å². The van der Waals surface area contributed by atoms with Gasteiger partial charge >= 0.3 is 0 Å². The number of nitrogens with two attached hydrogens (primary N) is 1. The third-order valence-electron chi connectivity index (χ3n) is 2.88. The van der Waals surface area contributed by atoms with E-state index in [2.05, 4.69) is 9.97 Å². The van der Waals surface area contributed by atoms with E-state index in [9.17, 15) is 4.39 Å². The van der Waals surface area contributed by atoms with Crippen molar-refractivity contribution in [1.29, 1.82) is 0 Å². The Hall–Kier alpha value is -2.01. The Morgan fingerprint density at radius 3 is 2.47 bits per heavy atom. The van der Waals surface area contributed by atoms with Crippen LogP contribution >= 0.6 is 0 Å². The summed E-state index contributed by atoms with van der Waals surface area (Å²) in [5, 5.41) is 0. The van der Waals surface area contributed by atoms with Gasteiger partial charge in [-0.3, -0.25) is 4.98 Å². The highest BCUT2D eigenvalue weighted by Crippen LogP contribution is 2.26. The van der Waals surface area contributed by atoms with Gasteiger partial charge in [0, 0.05) is 12.4 Å². The van der Waals surface area contributed by atoms with Crippen LogP contribution < -0.4 is 10.5 Å². The van der Waals surface area contributed by atoms with Gasteiger partial charge in [0.1, 0.15) is 11.5 Å². The van der Waals surface area contributed by atoms with Gasteiger partial charge in [0.15, 0.2) is 0 Å². The van der Waals surface area contributed by atoms with E-state index >= 15 is 0 Å². The van der Waals surface area contributed by atoms with Gasteiger partial charge in [0.05, 0.1) is 12.6 Å². The summed E-state index contributed by atoms with van der Waals surface area (Å²) in [5.74, 6) is 0.147. The van der Waals surface area contributed by atoms with Gasteiger partial charge in [-0.2, -0.15) is 0 Å². The lowest BCUT2D eigenvalue weighted by atomic mass is 9.90. The minimum Gasteiger partial charge on any atom is -0.480 e. The first-order chi connectivity index (χ1) is 9.03. The zero-order valence-electron chi connectivity index (χ0n) is 10.9. The average molecular weight is 261 g/mol. The van der Waals surface area contributed by atoms with Crippen LogP contribution in [0.3, 0.4) is 0 Å². The van der Waals surface area contributed by atoms with Gasteiger partial charge in [-0.1, -0.05) is 12.1 Å². The van der Waals surface area contributed by atoms with Gasteiger partial charge in [-0.05, 0) is 31.0 Å². The third-order valence-corrected chi connectivity index (χ3v) is 2.88. The van der Waals surface area contributed by atoms with Crippen molar-refractivity contribution in [2.24, 2.45) is 5.73 Å². The van der Waals surface area contributed by atoms with E-state index in [0.717, 1.165) is 5.56 Å². The molecule has 1 unspecified atom stereocenters. The summed E-state index contributed by atoms with van der Waals surface area (Å²) >= 11 is 0. The Morgan fingerprint density at radius 1 is 1.21 bits per heavy atom. The smallest absolute Gasteiger partial charge is 0.237 e. The van der Waals surface area contributed by atoms with Crippen molar-refractivity contribution < 1.29 is 9.13 Å². The summed E-state index contributed by atoms with van der Waals surface area (Å²) in [5.41, 5.74) is 7.08. The molecule has 5 heteroatoms. The van der Waals surface area contributed by atoms with E-state index in [1.807, 2.05) is 6.92 Å². The number of halogens is 1. The Kier molecular flexibility index (Phi) is 3.76. The van der Waals surface area contributed by atoms with Gasteiger partial charge in [-0.15, -0.1) is 0 Å². The van der Waals surface area contributed by atoms with Crippen LogP contribution in [0.15, 0.2) is 36.7 Å². The second-order valence-corrected chi connectivity index (χ2v) is 4.63. The van der Waals surface area contributed by atoms with E-state index < -0.39 is 5.54 Å². The van der Waals surface area contributed by atoms with E-state index in [0.29, 0.717) is 18.0 Å². The summed E-state index contributed by atoms with van der Waals surface area (Å²) in [4.78, 5) is 8.34. The molecule has 1 heterocycles. The topological polar surface area (TPSA) is 61.0 Å². The lowest BCUT2D eigenvalue weighted by Gasteiger charge is -2.25. The SMILES string of the molecule is COc1nccnc1C(C)(N)Cc1ccc(F)cc1. The summed E-state index contributed by atoms with van der Waals surface area (Å²) in [6.45, 7) is 1.85. The highest BCUT2D eigenvalue weighted by atomic mass is 19.1. The molecule has 0 radical (unpaired) electrons. The van der Waals surface area contributed by atoms with Gasteiger partial charge in [0.2, 0.25) is 5.88 Å². The fraction of sp³-hybridized carbons (Fsp3) is 0.286. The molecule has 2 aromatic rings. The number of nitrogens with zero attached hydrogens (tertiary/aromatic N) is 2. The molecule has 1 aromatic heterocycles. The number of hydrogen-bond acceptors (Lipinski definition) is 4. The lowest BCUT2D eigenvalue weighted by Crippen LogP contribution is -2.37. The predicted molar refractivity (Wildman–Crippen MR) is 70.2 cm³/mol. The highest BCUT2D eigenvalue weighted by molar-refractivity contribution is 5.29. The minimum absolute atomic E-state index is 0.264. The first-order valence-electron chi connectivity index (χ1n) is 5.92. The number of hydrogen-bond donors (Lipinski definition) is 1. The molecule has 19 heavy (non-hydrogen) atoms. The van der Waals surface area contributed by atoms with Crippen LogP contribution in [0.1, 0.15) is 18.2 Å². The zero-order valence-corrected chi connectivity index (χ0v) is 10.9. The van der Waals surface area contributed by atoms with E-state index in [-0.39, 0.29) is 5.82 Å². The van der Waals surface area contributed by atoms with Gasteiger partial charge in [-0.25, -0.2) is 9.37 Å². The summed E-state index contributed by atoms with van der Waals surface area (Å²) < 4.78 is 18.1. The predicted octanol–water partition coefficient (Wildman–Crippen LogP) is 2.04. The second kappa shape index (κ2) is 5.32. The lowest BCUT2D eigenvalue weighted by molar-refractivity contribution is 0.363. The molecule has 2 N–H and O–H groups in total. The molecule has 0 amide bonds. The highest BCUT2D eigenvalue weighted by Gasteiger charge is 2.27. The van der Waals surface area contributed by atoms with Crippen LogP contribution in [0.2, 0.25) is 0 Å². The van der Waals surface area contributed by atoms with Crippen molar-refractivity contribution in [2.75, 3.05) is 7.11 Å². The Balaban J connectivity index is 2.29. The summed E-state index contributed by atoms with van der Waals surface area (Å²) in [6.07, 6.45) is 3.65. The molecular weight excluding hydrogens is 245 g/mol. The van der Waals surface area contributed by atoms with Crippen molar-refractivity contribution >= 4 is 0 Å². The maximum atomic E-state index is 12.9. The van der Waals surface area contributed by atoms with Crippen LogP contribution in [0.5, 0.6) is 5.88 Å². The van der Waals surface area contributed by atoms with Gasteiger partial charge in [0.25, 0.3) is 0 Å². The maximum absolute atomic E-state index is 12.9. The molecule has 4 nitrogen and oxygen atoms in total. The number of ether oxygens (including phenoxy) is 1. The molecule has 0 spiro atoms. The van der Waals surface area contributed by atoms with Crippen LogP contribution in [0, 0.1) is 5.82 Å². The normalized spacial score (nSPS) is 13.9. The quantitative estimate of drug-likeness (QED) is 0.915. The van der Waals surface area contributed by atoms with E-state index in [1.54, 1.807) is 24.5 Å². The zero-order chi connectivity index (χ0) is 13.9. The molecule has 1 aromatic carbocycles. The number of rotatable bonds is 4. The van der Waals surface area contributed by atoms with Crippen molar-refractivity contribution in [2.45, 2.75) is 18.9 Å². The summed E-state index contributed by atoms with van der Waals surface area (Å²) in [6, 6.07) is 6.26. The molecule has 100 valence electrons. The molecule has 0 aliphatic heterocycles. The first-order valence-corrected chi connectivity index (χ1v) is 5.92. The van der Waals surface area contributed by atoms with E-state index in [4.69, 9.17) is 10.5 Å². The molecular formula is C14H16FN3O. The number of benzene rings is 1. The first kappa shape index (κ1) is 13.4. The van der Waals surface area contributed by atoms with Gasteiger partial charge < -0.3 is 10.5 Å². The molecule has 2 rings (SSSR count). The Bertz CT molecular complexity index is 555. The maximum Gasteiger partial charge on any atom is 0.237 e. The average Bonchev–Trinajstić information content (AvgIpc) is 2.41. The standard InChI is InChI=1S/C14H16FN3O/c1-14(16,9-10-3-5-11(15)6-4-10)12-13(19-2)18-8-7-17-12/h3-8H,9,16H2,1-2H3. The molecule has 0 saturated heterocycles. The molecule has 0 saturated carbocycles. The monoisotopic (exact) mass is 261 g/mol. The van der Waals surface area contributed by atoms with Crippen molar-refractivity contribution in [3.05, 3.63) is 53.7 Å². The van der Waals surface area contributed by atoms with Crippen LogP contribution in [0.4, 0.5) is 4.39 Å². The fourth-order valence-electron chi connectivity index (χ4n) is 1.98. The minimum atomic E-state index is -0.739. The number of aromatic nitrogens is 2. The molecule has 0 bridgehead atoms. The second-order valence-electron chi connectivity index (χ2n) is 4.63. The Morgan fingerprint density at radius 2 is 1.84 bits per heavy atom. The van der Waals surface area contributed by atoms with E-state index in [1.165, 1.54) is 19.2 Å². The van der Waals surface area contributed by atoms with Crippen LogP contribution in [-0.4, -0.2) is 17.1 Å². The molecule has 0 aliphatic rings. The van der Waals surface area contributed by atoms with Crippen molar-refractivity contribution in [3.63, 3.8) is 0 Å². The summed E-state index contributed by atoms with van der Waals surface area (Å²) in [7, 11) is 1.53. The van der Waals surface area contributed by atoms with Crippen molar-refractivity contribution in [1.82, 2.24) is 9.97 Å². The largest absolute Gasteiger partial charge is 0.480 e. The third kappa shape index (κ3) is 3.06. The fourth-order valence-corrected chi connectivity index (χ4v) is 1.98. The molecule has 0 aliphatic carbocycles. The number of methoxy groups -OCH3 is 1. The molecule has 0 fully saturated rings. The molecule has 1 atom stereocenters. The van der Waals surface area contributed by atoms with Crippen LogP contribution in [0.25, 0.3) is 0 Å².